The van der Waals surface area contributed by atoms with Gasteiger partial charge in [0.1, 0.15) is 5.75 Å². The number of amides is 1. The van der Waals surface area contributed by atoms with E-state index in [4.69, 9.17) is 27.9 Å². The molecular formula is C16H13Br2Cl2NO2. The Hall–Kier alpha value is -0.750. The van der Waals surface area contributed by atoms with E-state index in [0.717, 1.165) is 20.3 Å². The molecule has 3 nitrogen and oxygen atoms in total. The number of nitrogens with one attached hydrogen (secondary N) is 1. The van der Waals surface area contributed by atoms with Crippen molar-refractivity contribution in [3.63, 3.8) is 0 Å². The normalized spacial score (nSPS) is 10.5. The summed E-state index contributed by atoms with van der Waals surface area (Å²) < 4.78 is 6.96. The largest absolute Gasteiger partial charge is 0.497 e. The van der Waals surface area contributed by atoms with E-state index in [9.17, 15) is 4.79 Å². The summed E-state index contributed by atoms with van der Waals surface area (Å²) in [6.45, 7) is 0. The highest BCUT2D eigenvalue weighted by Crippen LogP contribution is 2.33. The Bertz CT molecular complexity index is 695. The highest BCUT2D eigenvalue weighted by molar-refractivity contribution is 9.11. The van der Waals surface area contributed by atoms with Crippen molar-refractivity contribution < 1.29 is 9.53 Å². The molecule has 0 aliphatic carbocycles. The van der Waals surface area contributed by atoms with Crippen LogP contribution < -0.4 is 10.1 Å². The average molecular weight is 482 g/mol. The number of halogens is 4. The van der Waals surface area contributed by atoms with Crippen LogP contribution in [0.15, 0.2) is 39.3 Å². The van der Waals surface area contributed by atoms with E-state index < -0.39 is 0 Å². The standard InChI is InChI=1S/C16H13Br2Cl2NO2/c1-23-9-7-11(17)10(12(18)8-9)5-6-15(22)21-16-13(19)3-2-4-14(16)20/h2-4,7-8H,5-6H2,1H3,(H,21,22). The molecule has 1 amide bonds. The van der Waals surface area contributed by atoms with Gasteiger partial charge in [-0.15, -0.1) is 0 Å². The fourth-order valence-electron chi connectivity index (χ4n) is 1.99. The minimum absolute atomic E-state index is 0.158. The summed E-state index contributed by atoms with van der Waals surface area (Å²) in [4.78, 5) is 12.2. The maximum absolute atomic E-state index is 12.2. The van der Waals surface area contributed by atoms with Crippen LogP contribution >= 0.6 is 55.1 Å². The van der Waals surface area contributed by atoms with E-state index in [0.29, 0.717) is 28.6 Å². The quantitative estimate of drug-likeness (QED) is 0.560. The zero-order chi connectivity index (χ0) is 17.0. The van der Waals surface area contributed by atoms with Crippen molar-refractivity contribution in [2.24, 2.45) is 0 Å². The summed E-state index contributed by atoms with van der Waals surface area (Å²) in [5, 5.41) is 3.58. The van der Waals surface area contributed by atoms with E-state index >= 15 is 0 Å². The summed E-state index contributed by atoms with van der Waals surface area (Å²) in [6, 6.07) is 8.82. The maximum atomic E-state index is 12.2. The summed E-state index contributed by atoms with van der Waals surface area (Å²) >= 11 is 19.1. The number of benzene rings is 2. The number of carbonyl (C=O) groups is 1. The molecule has 122 valence electrons. The third-order valence-corrected chi connectivity index (χ3v) is 5.22. The Balaban J connectivity index is 2.05. The van der Waals surface area contributed by atoms with Crippen LogP contribution in [0.25, 0.3) is 0 Å². The molecule has 0 saturated heterocycles. The SMILES string of the molecule is COc1cc(Br)c(CCC(=O)Nc2c(Cl)cccc2Cl)c(Br)c1. The van der Waals surface area contributed by atoms with Crippen molar-refractivity contribution in [3.05, 3.63) is 54.9 Å². The molecule has 0 bridgehead atoms. The Morgan fingerprint density at radius 2 is 1.74 bits per heavy atom. The van der Waals surface area contributed by atoms with E-state index in [2.05, 4.69) is 37.2 Å². The van der Waals surface area contributed by atoms with Gasteiger partial charge in [-0.05, 0) is 36.2 Å². The number of ether oxygens (including phenoxy) is 1. The zero-order valence-corrected chi connectivity index (χ0v) is 16.8. The first-order valence-electron chi connectivity index (χ1n) is 6.68. The molecule has 0 spiro atoms. The molecule has 0 aliphatic heterocycles. The molecule has 0 heterocycles. The van der Waals surface area contributed by atoms with Gasteiger partial charge in [0, 0.05) is 15.4 Å². The highest BCUT2D eigenvalue weighted by atomic mass is 79.9. The lowest BCUT2D eigenvalue weighted by Gasteiger charge is -2.11. The Labute approximate surface area is 161 Å². The van der Waals surface area contributed by atoms with E-state index in [1.165, 1.54) is 0 Å². The molecule has 23 heavy (non-hydrogen) atoms. The molecular weight excluding hydrogens is 469 g/mol. The van der Waals surface area contributed by atoms with Crippen molar-refractivity contribution in [3.8, 4) is 5.75 Å². The zero-order valence-electron chi connectivity index (χ0n) is 12.1. The molecule has 2 rings (SSSR count). The lowest BCUT2D eigenvalue weighted by molar-refractivity contribution is -0.116. The van der Waals surface area contributed by atoms with E-state index in [1.807, 2.05) is 12.1 Å². The Kier molecular flexibility index (Phi) is 6.77. The second kappa shape index (κ2) is 8.38. The van der Waals surface area contributed by atoms with Gasteiger partial charge in [0.05, 0.1) is 22.8 Å². The lowest BCUT2D eigenvalue weighted by atomic mass is 10.1. The molecule has 2 aromatic rings. The van der Waals surface area contributed by atoms with Gasteiger partial charge in [-0.1, -0.05) is 61.1 Å². The molecule has 0 saturated carbocycles. The summed E-state index contributed by atoms with van der Waals surface area (Å²) in [5.74, 6) is 0.578. The van der Waals surface area contributed by atoms with Crippen LogP contribution in [0.4, 0.5) is 5.69 Å². The molecule has 0 atom stereocenters. The highest BCUT2D eigenvalue weighted by Gasteiger charge is 2.13. The third kappa shape index (κ3) is 4.86. The summed E-state index contributed by atoms with van der Waals surface area (Å²) in [5.41, 5.74) is 1.43. The van der Waals surface area contributed by atoms with Gasteiger partial charge in [-0.3, -0.25) is 4.79 Å². The van der Waals surface area contributed by atoms with Crippen LogP contribution in [-0.2, 0) is 11.2 Å². The number of hydrogen-bond donors (Lipinski definition) is 1. The van der Waals surface area contributed by atoms with Gasteiger partial charge < -0.3 is 10.1 Å². The molecule has 0 aromatic heterocycles. The van der Waals surface area contributed by atoms with Gasteiger partial charge in [0.2, 0.25) is 5.91 Å². The Morgan fingerprint density at radius 1 is 1.17 bits per heavy atom. The van der Waals surface area contributed by atoms with E-state index in [-0.39, 0.29) is 5.91 Å². The third-order valence-electron chi connectivity index (χ3n) is 3.18. The van der Waals surface area contributed by atoms with Crippen molar-refractivity contribution in [1.82, 2.24) is 0 Å². The topological polar surface area (TPSA) is 38.3 Å². The van der Waals surface area contributed by atoms with Gasteiger partial charge >= 0.3 is 0 Å². The lowest BCUT2D eigenvalue weighted by Crippen LogP contribution is -2.13. The minimum Gasteiger partial charge on any atom is -0.497 e. The van der Waals surface area contributed by atoms with Crippen molar-refractivity contribution in [1.29, 1.82) is 0 Å². The number of carbonyl (C=O) groups excluding carboxylic acids is 1. The molecule has 7 heteroatoms. The first-order valence-corrected chi connectivity index (χ1v) is 9.02. The molecule has 0 fully saturated rings. The van der Waals surface area contributed by atoms with Crippen LogP contribution in [0.5, 0.6) is 5.75 Å². The molecule has 0 aliphatic rings. The molecule has 0 unspecified atom stereocenters. The predicted molar refractivity (Wildman–Crippen MR) is 102 cm³/mol. The summed E-state index contributed by atoms with van der Waals surface area (Å²) in [7, 11) is 1.61. The van der Waals surface area contributed by atoms with E-state index in [1.54, 1.807) is 25.3 Å². The van der Waals surface area contributed by atoms with Gasteiger partial charge in [-0.2, -0.15) is 0 Å². The molecule has 1 N–H and O–H groups in total. The fourth-order valence-corrected chi connectivity index (χ4v) is 4.03. The van der Waals surface area contributed by atoms with Crippen molar-refractivity contribution in [2.45, 2.75) is 12.8 Å². The second-order valence-corrected chi connectivity index (χ2v) is 7.24. The van der Waals surface area contributed by atoms with Crippen molar-refractivity contribution in [2.75, 3.05) is 12.4 Å². The molecule has 0 radical (unpaired) electrons. The maximum Gasteiger partial charge on any atom is 0.224 e. The number of anilines is 1. The second-order valence-electron chi connectivity index (χ2n) is 4.71. The van der Waals surface area contributed by atoms with Gasteiger partial charge in [0.15, 0.2) is 0 Å². The smallest absolute Gasteiger partial charge is 0.224 e. The van der Waals surface area contributed by atoms with Gasteiger partial charge in [0.25, 0.3) is 0 Å². The van der Waals surface area contributed by atoms with Gasteiger partial charge in [-0.25, -0.2) is 0 Å². The van der Waals surface area contributed by atoms with Crippen LogP contribution in [0, 0.1) is 0 Å². The summed E-state index contributed by atoms with van der Waals surface area (Å²) in [6.07, 6.45) is 0.851. The first kappa shape index (κ1) is 18.6. The first-order chi connectivity index (χ1) is 10.9. The predicted octanol–water partition coefficient (Wildman–Crippen LogP) is 6.10. The minimum atomic E-state index is -0.158. The monoisotopic (exact) mass is 479 g/mol. The fraction of sp³-hybridized carbons (Fsp3) is 0.188. The van der Waals surface area contributed by atoms with Crippen LogP contribution in [0.3, 0.4) is 0 Å². The van der Waals surface area contributed by atoms with Crippen LogP contribution in [0.1, 0.15) is 12.0 Å². The number of methoxy groups -OCH3 is 1. The van der Waals surface area contributed by atoms with Crippen molar-refractivity contribution >= 4 is 66.7 Å². The number of para-hydroxylation sites is 1. The Morgan fingerprint density at radius 3 is 2.26 bits per heavy atom. The number of hydrogen-bond acceptors (Lipinski definition) is 2. The average Bonchev–Trinajstić information content (AvgIpc) is 2.50. The molecule has 2 aromatic carbocycles. The van der Waals surface area contributed by atoms with Crippen LogP contribution in [0.2, 0.25) is 10.0 Å². The number of rotatable bonds is 5. The van der Waals surface area contributed by atoms with Crippen LogP contribution in [-0.4, -0.2) is 13.0 Å².